The van der Waals surface area contributed by atoms with Crippen molar-refractivity contribution in [3.8, 4) is 0 Å². The molecule has 17 heavy (non-hydrogen) atoms. The van der Waals surface area contributed by atoms with Gasteiger partial charge in [-0.2, -0.15) is 0 Å². The van der Waals surface area contributed by atoms with E-state index < -0.39 is 0 Å². The van der Waals surface area contributed by atoms with E-state index in [2.05, 4.69) is 5.43 Å². The second-order valence-corrected chi connectivity index (χ2v) is 5.38. The van der Waals surface area contributed by atoms with Crippen molar-refractivity contribution in [2.45, 2.75) is 0 Å². The van der Waals surface area contributed by atoms with Crippen LogP contribution in [-0.4, -0.2) is 28.5 Å². The summed E-state index contributed by atoms with van der Waals surface area (Å²) in [7, 11) is 1.66. The molecule has 1 aromatic carbocycles. The molecule has 0 spiro atoms. The summed E-state index contributed by atoms with van der Waals surface area (Å²) in [5.41, 5.74) is 2.92. The Morgan fingerprint density at radius 1 is 1.47 bits per heavy atom. The monoisotopic (exact) mass is 308 g/mol. The molecule has 1 rings (SSSR count). The van der Waals surface area contributed by atoms with Gasteiger partial charge in [0.2, 0.25) is 0 Å². The van der Waals surface area contributed by atoms with Crippen molar-refractivity contribution in [2.75, 3.05) is 13.3 Å². The SMILES string of the molecule is CSC(=S)N(C)NC(=O)c1cc(Cl)ccc1Cl. The van der Waals surface area contributed by atoms with E-state index in [1.165, 1.54) is 22.8 Å². The van der Waals surface area contributed by atoms with Crippen molar-refractivity contribution < 1.29 is 4.79 Å². The Bertz CT molecular complexity index is 454. The maximum Gasteiger partial charge on any atom is 0.271 e. The van der Waals surface area contributed by atoms with E-state index in [0.29, 0.717) is 19.9 Å². The third-order valence-corrected chi connectivity index (χ3v) is 3.85. The standard InChI is InChI=1S/C10H10Cl2N2OS2/c1-14(10(16)17-2)13-9(15)7-5-6(11)3-4-8(7)12/h3-5H,1-2H3,(H,13,15). The Morgan fingerprint density at radius 2 is 2.12 bits per heavy atom. The highest BCUT2D eigenvalue weighted by Crippen LogP contribution is 2.20. The maximum absolute atomic E-state index is 11.9. The zero-order chi connectivity index (χ0) is 13.0. The van der Waals surface area contributed by atoms with Crippen molar-refractivity contribution in [2.24, 2.45) is 0 Å². The van der Waals surface area contributed by atoms with Gasteiger partial charge in [-0.1, -0.05) is 47.2 Å². The zero-order valence-electron chi connectivity index (χ0n) is 9.16. The summed E-state index contributed by atoms with van der Waals surface area (Å²) in [6.07, 6.45) is 1.83. The highest BCUT2D eigenvalue weighted by Gasteiger charge is 2.13. The molecule has 1 aromatic rings. The molecular weight excluding hydrogens is 299 g/mol. The molecule has 0 fully saturated rings. The second-order valence-electron chi connectivity index (χ2n) is 3.09. The van der Waals surface area contributed by atoms with Crippen LogP contribution in [0, 0.1) is 0 Å². The fraction of sp³-hybridized carbons (Fsp3) is 0.200. The Kier molecular flexibility index (Phi) is 5.52. The van der Waals surface area contributed by atoms with Gasteiger partial charge in [0, 0.05) is 12.1 Å². The predicted octanol–water partition coefficient (Wildman–Crippen LogP) is 3.22. The number of halogens is 2. The average Bonchev–Trinajstić information content (AvgIpc) is 2.30. The maximum atomic E-state index is 11.9. The number of rotatable bonds is 1. The molecule has 7 heteroatoms. The molecule has 0 unspecified atom stereocenters. The van der Waals surface area contributed by atoms with Gasteiger partial charge in [-0.3, -0.25) is 15.2 Å². The summed E-state index contributed by atoms with van der Waals surface area (Å²) < 4.78 is 0.552. The first-order chi connectivity index (χ1) is 7.95. The first-order valence-corrected chi connectivity index (χ1v) is 6.92. The minimum absolute atomic E-state index is 0.315. The van der Waals surface area contributed by atoms with Crippen LogP contribution in [0.25, 0.3) is 0 Å². The fourth-order valence-electron chi connectivity index (χ4n) is 1.07. The van der Waals surface area contributed by atoms with Crippen LogP contribution in [0.3, 0.4) is 0 Å². The largest absolute Gasteiger partial charge is 0.272 e. The number of thiocarbonyl (C=S) groups is 1. The topological polar surface area (TPSA) is 32.3 Å². The van der Waals surface area contributed by atoms with E-state index in [-0.39, 0.29) is 5.91 Å². The fourth-order valence-corrected chi connectivity index (χ4v) is 1.81. The van der Waals surface area contributed by atoms with E-state index in [4.69, 9.17) is 35.4 Å². The van der Waals surface area contributed by atoms with Gasteiger partial charge in [0.1, 0.15) is 0 Å². The predicted molar refractivity (Wildman–Crippen MR) is 77.8 cm³/mol. The van der Waals surface area contributed by atoms with Crippen LogP contribution in [0.2, 0.25) is 10.0 Å². The minimum atomic E-state index is -0.351. The lowest BCUT2D eigenvalue weighted by Crippen LogP contribution is -2.41. The van der Waals surface area contributed by atoms with Gasteiger partial charge in [-0.05, 0) is 24.5 Å². The summed E-state index contributed by atoms with van der Waals surface area (Å²) in [6, 6.07) is 4.71. The van der Waals surface area contributed by atoms with Gasteiger partial charge in [-0.15, -0.1) is 0 Å². The molecule has 0 saturated heterocycles. The van der Waals surface area contributed by atoms with Crippen molar-refractivity contribution in [3.63, 3.8) is 0 Å². The summed E-state index contributed by atoms with van der Waals surface area (Å²) in [5, 5.41) is 2.25. The number of hydrogen-bond acceptors (Lipinski definition) is 3. The number of nitrogens with one attached hydrogen (secondary N) is 1. The molecule has 0 aromatic heterocycles. The normalized spacial score (nSPS) is 9.88. The molecule has 0 radical (unpaired) electrons. The number of thioether (sulfide) groups is 1. The zero-order valence-corrected chi connectivity index (χ0v) is 12.3. The summed E-state index contributed by atoms with van der Waals surface area (Å²) in [4.78, 5) is 11.9. The highest BCUT2D eigenvalue weighted by molar-refractivity contribution is 8.22. The van der Waals surface area contributed by atoms with Crippen LogP contribution < -0.4 is 5.43 Å². The second kappa shape index (κ2) is 6.44. The van der Waals surface area contributed by atoms with Gasteiger partial charge in [0.05, 0.1) is 10.6 Å². The number of hydrogen-bond donors (Lipinski definition) is 1. The summed E-state index contributed by atoms with van der Waals surface area (Å²) in [6.45, 7) is 0. The smallest absolute Gasteiger partial charge is 0.271 e. The summed E-state index contributed by atoms with van der Waals surface area (Å²) in [5.74, 6) is -0.351. The molecule has 92 valence electrons. The molecule has 0 atom stereocenters. The third-order valence-electron chi connectivity index (χ3n) is 1.89. The van der Waals surface area contributed by atoms with Gasteiger partial charge < -0.3 is 0 Å². The van der Waals surface area contributed by atoms with Crippen LogP contribution in [0.1, 0.15) is 10.4 Å². The number of nitrogens with zero attached hydrogens (tertiary/aromatic N) is 1. The molecule has 0 aliphatic heterocycles. The Labute approximate surface area is 119 Å². The van der Waals surface area contributed by atoms with Gasteiger partial charge >= 0.3 is 0 Å². The van der Waals surface area contributed by atoms with Gasteiger partial charge in [0.25, 0.3) is 5.91 Å². The Balaban J connectivity index is 2.83. The van der Waals surface area contributed by atoms with Crippen molar-refractivity contribution in [3.05, 3.63) is 33.8 Å². The number of amides is 1. The molecule has 0 aliphatic rings. The Hall–Kier alpha value is -0.490. The molecule has 1 amide bonds. The molecule has 0 bridgehead atoms. The van der Waals surface area contributed by atoms with Crippen molar-refractivity contribution in [1.29, 1.82) is 0 Å². The molecule has 1 N–H and O–H groups in total. The molecular formula is C10H10Cl2N2OS2. The lowest BCUT2D eigenvalue weighted by atomic mass is 10.2. The average molecular weight is 309 g/mol. The van der Waals surface area contributed by atoms with E-state index in [1.807, 2.05) is 6.26 Å². The van der Waals surface area contributed by atoms with Crippen molar-refractivity contribution >= 4 is 57.4 Å². The van der Waals surface area contributed by atoms with Crippen LogP contribution in [-0.2, 0) is 0 Å². The van der Waals surface area contributed by atoms with E-state index in [9.17, 15) is 4.79 Å². The first-order valence-electron chi connectivity index (χ1n) is 4.53. The van der Waals surface area contributed by atoms with Crippen LogP contribution in [0.15, 0.2) is 18.2 Å². The number of carbonyl (C=O) groups is 1. The third kappa shape index (κ3) is 4.03. The van der Waals surface area contributed by atoms with Crippen molar-refractivity contribution in [1.82, 2.24) is 10.4 Å². The molecule has 3 nitrogen and oxygen atoms in total. The molecule has 0 aliphatic carbocycles. The lowest BCUT2D eigenvalue weighted by molar-refractivity contribution is 0.0890. The quantitative estimate of drug-likeness (QED) is 0.638. The van der Waals surface area contributed by atoms with Gasteiger partial charge in [0.15, 0.2) is 4.32 Å². The summed E-state index contributed by atoms with van der Waals surface area (Å²) >= 11 is 18.1. The Morgan fingerprint density at radius 3 is 2.71 bits per heavy atom. The van der Waals surface area contributed by atoms with Crippen LogP contribution in [0.5, 0.6) is 0 Å². The van der Waals surface area contributed by atoms with Crippen LogP contribution in [0.4, 0.5) is 0 Å². The first kappa shape index (κ1) is 14.6. The number of hydrazine groups is 1. The van der Waals surface area contributed by atoms with E-state index >= 15 is 0 Å². The van der Waals surface area contributed by atoms with E-state index in [1.54, 1.807) is 19.2 Å². The van der Waals surface area contributed by atoms with Gasteiger partial charge in [-0.25, -0.2) is 0 Å². The van der Waals surface area contributed by atoms with E-state index in [0.717, 1.165) is 0 Å². The number of carbonyl (C=O) groups excluding carboxylic acids is 1. The molecule has 0 saturated carbocycles. The number of benzene rings is 1. The minimum Gasteiger partial charge on any atom is -0.272 e. The highest BCUT2D eigenvalue weighted by atomic mass is 35.5. The molecule has 0 heterocycles. The van der Waals surface area contributed by atoms with Crippen LogP contribution >= 0.6 is 47.2 Å². The lowest BCUT2D eigenvalue weighted by Gasteiger charge is -2.19.